The van der Waals surface area contributed by atoms with E-state index in [9.17, 15) is 4.39 Å². The number of halogens is 2. The fourth-order valence-corrected chi connectivity index (χ4v) is 1.53. The number of rotatable bonds is 3. The normalized spacial score (nSPS) is 10.4. The summed E-state index contributed by atoms with van der Waals surface area (Å²) >= 11 is 5.88. The van der Waals surface area contributed by atoms with Crippen molar-refractivity contribution in [2.75, 3.05) is 0 Å². The molecule has 94 valence electrons. The monoisotopic (exact) mass is 267 g/mol. The Morgan fingerprint density at radius 2 is 2.22 bits per heavy atom. The summed E-state index contributed by atoms with van der Waals surface area (Å²) in [6, 6.07) is 3.95. The molecule has 0 radical (unpaired) electrons. The molecule has 0 atom stereocenters. The molecule has 0 aliphatic heterocycles. The Morgan fingerprint density at radius 3 is 2.89 bits per heavy atom. The summed E-state index contributed by atoms with van der Waals surface area (Å²) in [6.45, 7) is 2.15. The lowest BCUT2D eigenvalue weighted by atomic mass is 10.2. The predicted molar refractivity (Wildman–Crippen MR) is 66.1 cm³/mol. The van der Waals surface area contributed by atoms with E-state index >= 15 is 0 Å². The van der Waals surface area contributed by atoms with Crippen LogP contribution in [0.25, 0.3) is 0 Å². The highest BCUT2D eigenvalue weighted by atomic mass is 35.5. The Hall–Kier alpha value is -1.72. The van der Waals surface area contributed by atoms with Crippen molar-refractivity contribution in [3.05, 3.63) is 46.5 Å². The summed E-state index contributed by atoms with van der Waals surface area (Å²) in [5.74, 6) is -0.263. The van der Waals surface area contributed by atoms with Gasteiger partial charge >= 0.3 is 6.01 Å². The molecule has 1 aromatic heterocycles. The van der Waals surface area contributed by atoms with Gasteiger partial charge in [0.25, 0.3) is 0 Å². The lowest BCUT2D eigenvalue weighted by Crippen LogP contribution is -2.03. The Balaban J connectivity index is 2.28. The van der Waals surface area contributed by atoms with Crippen LogP contribution in [0.1, 0.15) is 11.3 Å². The van der Waals surface area contributed by atoms with Gasteiger partial charge in [-0.25, -0.2) is 9.37 Å². The summed E-state index contributed by atoms with van der Waals surface area (Å²) in [6.07, 6.45) is 1.57. The van der Waals surface area contributed by atoms with Crippen LogP contribution in [0.15, 0.2) is 24.4 Å². The lowest BCUT2D eigenvalue weighted by molar-refractivity contribution is 0.436. The van der Waals surface area contributed by atoms with Gasteiger partial charge in [-0.2, -0.15) is 4.98 Å². The molecule has 4 nitrogen and oxygen atoms in total. The molecule has 0 unspecified atom stereocenters. The summed E-state index contributed by atoms with van der Waals surface area (Å²) in [5, 5.41) is 0.292. The first-order valence-electron chi connectivity index (χ1n) is 5.25. The molecule has 2 N–H and O–H groups in total. The number of benzene rings is 1. The predicted octanol–water partition coefficient (Wildman–Crippen LogP) is 2.83. The quantitative estimate of drug-likeness (QED) is 0.929. The third-order valence-electron chi connectivity index (χ3n) is 2.37. The van der Waals surface area contributed by atoms with E-state index < -0.39 is 5.82 Å². The molecule has 2 aromatic rings. The van der Waals surface area contributed by atoms with Crippen LogP contribution in [0.3, 0.4) is 0 Å². The van der Waals surface area contributed by atoms with Crippen LogP contribution >= 0.6 is 11.6 Å². The molecule has 0 bridgehead atoms. The third-order valence-corrected chi connectivity index (χ3v) is 2.69. The minimum atomic E-state index is -0.440. The van der Waals surface area contributed by atoms with Crippen LogP contribution in [0.5, 0.6) is 11.8 Å². The van der Waals surface area contributed by atoms with Gasteiger partial charge in [0.1, 0.15) is 5.82 Å². The minimum absolute atomic E-state index is 0.109. The maximum atomic E-state index is 13.1. The summed E-state index contributed by atoms with van der Waals surface area (Å²) in [5.41, 5.74) is 7.05. The molecule has 1 aromatic carbocycles. The smallest absolute Gasteiger partial charge is 0.322 e. The Kier molecular flexibility index (Phi) is 3.74. The largest absolute Gasteiger partial charge is 0.423 e. The van der Waals surface area contributed by atoms with E-state index in [1.807, 2.05) is 0 Å². The number of aryl methyl sites for hydroxylation is 1. The first kappa shape index (κ1) is 12.7. The molecule has 2 rings (SSSR count). The maximum absolute atomic E-state index is 13.1. The number of hydrogen-bond acceptors (Lipinski definition) is 4. The number of ether oxygens (including phenoxy) is 1. The Bertz CT molecular complexity index is 577. The van der Waals surface area contributed by atoms with Crippen LogP contribution in [0, 0.1) is 12.7 Å². The van der Waals surface area contributed by atoms with Gasteiger partial charge in [0.15, 0.2) is 5.75 Å². The maximum Gasteiger partial charge on any atom is 0.322 e. The highest BCUT2D eigenvalue weighted by molar-refractivity contribution is 6.32. The van der Waals surface area contributed by atoms with Crippen molar-refractivity contribution in [2.45, 2.75) is 13.5 Å². The lowest BCUT2D eigenvalue weighted by Gasteiger charge is -2.07. The second kappa shape index (κ2) is 5.29. The highest BCUT2D eigenvalue weighted by Gasteiger charge is 2.08. The molecule has 0 spiro atoms. The molecule has 0 aliphatic carbocycles. The molecule has 6 heteroatoms. The van der Waals surface area contributed by atoms with E-state index in [2.05, 4.69) is 9.97 Å². The topological polar surface area (TPSA) is 61.0 Å². The van der Waals surface area contributed by atoms with Crippen LogP contribution < -0.4 is 10.5 Å². The average Bonchev–Trinajstić information content (AvgIpc) is 2.34. The van der Waals surface area contributed by atoms with Crippen molar-refractivity contribution >= 4 is 11.6 Å². The molecule has 0 saturated heterocycles. The first-order valence-corrected chi connectivity index (χ1v) is 5.63. The fraction of sp³-hybridized carbons (Fsp3) is 0.167. The van der Waals surface area contributed by atoms with Gasteiger partial charge in [0.2, 0.25) is 0 Å². The van der Waals surface area contributed by atoms with Crippen molar-refractivity contribution in [1.82, 2.24) is 9.97 Å². The van der Waals surface area contributed by atoms with Gasteiger partial charge in [-0.1, -0.05) is 11.6 Å². The van der Waals surface area contributed by atoms with Crippen LogP contribution in [0.2, 0.25) is 5.02 Å². The zero-order chi connectivity index (χ0) is 13.1. The van der Waals surface area contributed by atoms with Gasteiger partial charge in [0.05, 0.1) is 5.02 Å². The minimum Gasteiger partial charge on any atom is -0.423 e. The van der Waals surface area contributed by atoms with E-state index in [4.69, 9.17) is 22.1 Å². The van der Waals surface area contributed by atoms with Crippen molar-refractivity contribution < 1.29 is 9.13 Å². The number of nitrogens with zero attached hydrogens (tertiary/aromatic N) is 2. The summed E-state index contributed by atoms with van der Waals surface area (Å²) in [4.78, 5) is 8.10. The van der Waals surface area contributed by atoms with Gasteiger partial charge in [-0.05, 0) is 19.1 Å². The van der Waals surface area contributed by atoms with Crippen molar-refractivity contribution in [3.63, 3.8) is 0 Å². The highest BCUT2D eigenvalue weighted by Crippen LogP contribution is 2.28. The molecule has 0 saturated carbocycles. The average molecular weight is 268 g/mol. The second-order valence-electron chi connectivity index (χ2n) is 3.64. The molecule has 0 aliphatic rings. The number of hydrogen-bond donors (Lipinski definition) is 1. The van der Waals surface area contributed by atoms with E-state index in [1.54, 1.807) is 13.1 Å². The zero-order valence-electron chi connectivity index (χ0n) is 9.65. The third kappa shape index (κ3) is 2.75. The van der Waals surface area contributed by atoms with E-state index in [1.165, 1.54) is 18.2 Å². The van der Waals surface area contributed by atoms with Crippen LogP contribution in [-0.2, 0) is 6.54 Å². The summed E-state index contributed by atoms with van der Waals surface area (Å²) in [7, 11) is 0. The van der Waals surface area contributed by atoms with Crippen molar-refractivity contribution in [1.29, 1.82) is 0 Å². The van der Waals surface area contributed by atoms with Gasteiger partial charge in [-0.3, -0.25) is 0 Å². The molecule has 0 fully saturated rings. The number of aromatic nitrogens is 2. The standard InChI is InChI=1S/C12H11ClFN3O/c1-7-8(5-15)6-16-12(17-7)18-11-4-9(14)2-3-10(11)13/h2-4,6H,5,15H2,1H3. The molecule has 0 amide bonds. The zero-order valence-corrected chi connectivity index (χ0v) is 10.4. The molecular formula is C12H11ClFN3O. The number of nitrogens with two attached hydrogens (primary N) is 1. The first-order chi connectivity index (χ1) is 8.60. The Labute approximate surface area is 109 Å². The fourth-order valence-electron chi connectivity index (χ4n) is 1.37. The SMILES string of the molecule is Cc1nc(Oc2cc(F)ccc2Cl)ncc1CN. The van der Waals surface area contributed by atoms with E-state index in [0.29, 0.717) is 11.6 Å². The Morgan fingerprint density at radius 1 is 1.44 bits per heavy atom. The van der Waals surface area contributed by atoms with Crippen molar-refractivity contribution in [3.8, 4) is 11.8 Å². The van der Waals surface area contributed by atoms with Crippen LogP contribution in [0.4, 0.5) is 4.39 Å². The molecular weight excluding hydrogens is 257 g/mol. The van der Waals surface area contributed by atoms with Gasteiger partial charge in [0, 0.05) is 30.1 Å². The van der Waals surface area contributed by atoms with E-state index in [-0.39, 0.29) is 11.8 Å². The van der Waals surface area contributed by atoms with Crippen LogP contribution in [-0.4, -0.2) is 9.97 Å². The second-order valence-corrected chi connectivity index (χ2v) is 4.05. The molecule has 1 heterocycles. The van der Waals surface area contributed by atoms with E-state index in [0.717, 1.165) is 11.3 Å². The van der Waals surface area contributed by atoms with Crippen molar-refractivity contribution in [2.24, 2.45) is 5.73 Å². The molecule has 18 heavy (non-hydrogen) atoms. The van der Waals surface area contributed by atoms with Gasteiger partial charge in [-0.15, -0.1) is 0 Å². The van der Waals surface area contributed by atoms with Gasteiger partial charge < -0.3 is 10.5 Å². The summed E-state index contributed by atoms with van der Waals surface area (Å²) < 4.78 is 18.4.